The largest absolute Gasteiger partial charge is 0.481 e. The van der Waals surface area contributed by atoms with Gasteiger partial charge in [-0.25, -0.2) is 4.79 Å². The van der Waals surface area contributed by atoms with Crippen molar-refractivity contribution in [3.05, 3.63) is 35.4 Å². The highest BCUT2D eigenvalue weighted by molar-refractivity contribution is 6.09. The fourth-order valence-electron chi connectivity index (χ4n) is 3.44. The van der Waals surface area contributed by atoms with Crippen molar-refractivity contribution >= 4 is 23.8 Å². The van der Waals surface area contributed by atoms with Crippen molar-refractivity contribution in [3.63, 3.8) is 0 Å². The number of nitrogens with zero attached hydrogens (tertiary/aromatic N) is 2. The van der Waals surface area contributed by atoms with E-state index >= 15 is 0 Å². The van der Waals surface area contributed by atoms with Gasteiger partial charge >= 0.3 is 12.0 Å². The van der Waals surface area contributed by atoms with E-state index in [4.69, 9.17) is 5.11 Å². The third-order valence-electron chi connectivity index (χ3n) is 5.34. The van der Waals surface area contributed by atoms with Crippen molar-refractivity contribution in [1.29, 1.82) is 0 Å². The third-order valence-corrected chi connectivity index (χ3v) is 5.34. The Morgan fingerprint density at radius 1 is 1.13 bits per heavy atom. The molecule has 4 amide bonds. The van der Waals surface area contributed by atoms with Gasteiger partial charge in [-0.2, -0.15) is 0 Å². The number of benzene rings is 1. The van der Waals surface area contributed by atoms with E-state index in [-0.39, 0.29) is 18.4 Å². The van der Waals surface area contributed by atoms with Gasteiger partial charge in [0.15, 0.2) is 0 Å². The van der Waals surface area contributed by atoms with E-state index in [9.17, 15) is 19.2 Å². The van der Waals surface area contributed by atoms with Crippen LogP contribution in [0.25, 0.3) is 0 Å². The van der Waals surface area contributed by atoms with E-state index in [1.165, 1.54) is 4.90 Å². The molecule has 1 aliphatic heterocycles. The number of aliphatic carboxylic acids is 1. The van der Waals surface area contributed by atoms with E-state index < -0.39 is 35.9 Å². The molecule has 8 nitrogen and oxygen atoms in total. The van der Waals surface area contributed by atoms with Gasteiger partial charge in [-0.3, -0.25) is 19.3 Å². The summed E-state index contributed by atoms with van der Waals surface area (Å²) in [4.78, 5) is 51.4. The van der Waals surface area contributed by atoms with Gasteiger partial charge in [0.1, 0.15) is 12.1 Å². The Morgan fingerprint density at radius 3 is 2.23 bits per heavy atom. The summed E-state index contributed by atoms with van der Waals surface area (Å²) in [6.45, 7) is 9.74. The highest BCUT2D eigenvalue weighted by Gasteiger charge is 2.49. The molecule has 1 atom stereocenters. The molecule has 1 unspecified atom stereocenters. The zero-order chi connectivity index (χ0) is 22.7. The van der Waals surface area contributed by atoms with Crippen LogP contribution in [0.5, 0.6) is 0 Å². The molecule has 0 aliphatic carbocycles. The third kappa shape index (κ3) is 4.98. The highest BCUT2D eigenvalue weighted by atomic mass is 16.4. The maximum absolute atomic E-state index is 13.1. The lowest BCUT2D eigenvalue weighted by molar-refractivity contribution is -0.141. The van der Waals surface area contributed by atoms with Gasteiger partial charge in [-0.15, -0.1) is 0 Å². The molecule has 1 fully saturated rings. The van der Waals surface area contributed by atoms with Gasteiger partial charge in [-0.05, 0) is 29.9 Å². The number of carboxylic acids is 1. The number of amides is 4. The Kier molecular flexibility index (Phi) is 6.90. The molecule has 1 aromatic carbocycles. The van der Waals surface area contributed by atoms with Gasteiger partial charge in [0, 0.05) is 13.1 Å². The second-order valence-electron chi connectivity index (χ2n) is 8.80. The van der Waals surface area contributed by atoms with Crippen molar-refractivity contribution in [3.8, 4) is 0 Å². The van der Waals surface area contributed by atoms with E-state index in [0.29, 0.717) is 18.5 Å². The quantitative estimate of drug-likeness (QED) is 0.632. The van der Waals surface area contributed by atoms with Gasteiger partial charge in [0.25, 0.3) is 5.91 Å². The summed E-state index contributed by atoms with van der Waals surface area (Å²) in [7, 11) is 0. The summed E-state index contributed by atoms with van der Waals surface area (Å²) in [6.07, 6.45) is 0.451. The van der Waals surface area contributed by atoms with Crippen LogP contribution >= 0.6 is 0 Å². The van der Waals surface area contributed by atoms with Gasteiger partial charge < -0.3 is 15.3 Å². The fourth-order valence-corrected chi connectivity index (χ4v) is 3.44. The first-order valence-electron chi connectivity index (χ1n) is 10.1. The molecule has 0 aromatic heterocycles. The SMILES string of the molecule is CCCN(CCC(=O)O)C(=O)CN1C(=O)NC(C)(c2ccc(C(C)(C)C)cc2)C1=O. The number of carbonyl (C=O) groups excluding carboxylic acids is 3. The summed E-state index contributed by atoms with van der Waals surface area (Å²) < 4.78 is 0. The molecule has 8 heteroatoms. The number of hydrogen-bond donors (Lipinski definition) is 2. The number of carbonyl (C=O) groups is 4. The lowest BCUT2D eigenvalue weighted by Gasteiger charge is -2.26. The van der Waals surface area contributed by atoms with E-state index in [0.717, 1.165) is 10.5 Å². The number of imide groups is 1. The average molecular weight is 418 g/mol. The van der Waals surface area contributed by atoms with Crippen molar-refractivity contribution in [2.75, 3.05) is 19.6 Å². The predicted octanol–water partition coefficient (Wildman–Crippen LogP) is 2.46. The molecule has 1 aliphatic rings. The second kappa shape index (κ2) is 8.85. The summed E-state index contributed by atoms with van der Waals surface area (Å²) in [5.41, 5.74) is 0.441. The Morgan fingerprint density at radius 2 is 1.73 bits per heavy atom. The van der Waals surface area contributed by atoms with Crippen LogP contribution in [-0.4, -0.2) is 58.4 Å². The Hall–Kier alpha value is -2.90. The monoisotopic (exact) mass is 417 g/mol. The molecule has 0 radical (unpaired) electrons. The van der Waals surface area contributed by atoms with E-state index in [1.54, 1.807) is 6.92 Å². The minimum atomic E-state index is -1.26. The van der Waals surface area contributed by atoms with Crippen LogP contribution in [0.15, 0.2) is 24.3 Å². The summed E-state index contributed by atoms with van der Waals surface area (Å²) in [5, 5.41) is 11.6. The molecule has 164 valence electrons. The van der Waals surface area contributed by atoms with Gasteiger partial charge in [0.2, 0.25) is 5.91 Å². The second-order valence-corrected chi connectivity index (χ2v) is 8.80. The molecule has 1 saturated heterocycles. The molecule has 1 heterocycles. The van der Waals surface area contributed by atoms with Crippen molar-refractivity contribution in [2.45, 2.75) is 58.4 Å². The molecular formula is C22H31N3O5. The molecular weight excluding hydrogens is 386 g/mol. The number of rotatable bonds is 8. The van der Waals surface area contributed by atoms with Gasteiger partial charge in [0.05, 0.1) is 6.42 Å². The first kappa shape index (κ1) is 23.4. The molecule has 1 aromatic rings. The van der Waals surface area contributed by atoms with Crippen LogP contribution in [-0.2, 0) is 25.3 Å². The molecule has 30 heavy (non-hydrogen) atoms. The predicted molar refractivity (Wildman–Crippen MR) is 112 cm³/mol. The Bertz CT molecular complexity index is 828. The zero-order valence-electron chi connectivity index (χ0n) is 18.3. The van der Waals surface area contributed by atoms with Crippen molar-refractivity contribution in [1.82, 2.24) is 15.1 Å². The maximum atomic E-state index is 13.1. The number of nitrogens with one attached hydrogen (secondary N) is 1. The number of carboxylic acid groups (broad SMARTS) is 1. The first-order chi connectivity index (χ1) is 13.9. The molecule has 0 saturated carbocycles. The molecule has 2 N–H and O–H groups in total. The Labute approximate surface area is 177 Å². The lowest BCUT2D eigenvalue weighted by atomic mass is 9.84. The van der Waals surface area contributed by atoms with Crippen molar-refractivity contribution in [2.24, 2.45) is 0 Å². The minimum absolute atomic E-state index is 0.0389. The van der Waals surface area contributed by atoms with Crippen molar-refractivity contribution < 1.29 is 24.3 Å². The molecule has 0 bridgehead atoms. The maximum Gasteiger partial charge on any atom is 0.325 e. The Balaban J connectivity index is 2.18. The summed E-state index contributed by atoms with van der Waals surface area (Å²) in [5.74, 6) is -1.96. The average Bonchev–Trinajstić information content (AvgIpc) is 2.88. The lowest BCUT2D eigenvalue weighted by Crippen LogP contribution is -2.45. The minimum Gasteiger partial charge on any atom is -0.481 e. The zero-order valence-corrected chi connectivity index (χ0v) is 18.3. The number of hydrogen-bond acceptors (Lipinski definition) is 4. The van der Waals surface area contributed by atoms with Crippen LogP contribution in [0.4, 0.5) is 4.79 Å². The van der Waals surface area contributed by atoms with Crippen LogP contribution in [0, 0.1) is 0 Å². The fraction of sp³-hybridized carbons (Fsp3) is 0.545. The highest BCUT2D eigenvalue weighted by Crippen LogP contribution is 2.31. The first-order valence-corrected chi connectivity index (χ1v) is 10.1. The summed E-state index contributed by atoms with van der Waals surface area (Å²) in [6, 6.07) is 6.87. The summed E-state index contributed by atoms with van der Waals surface area (Å²) >= 11 is 0. The van der Waals surface area contributed by atoms with E-state index in [2.05, 4.69) is 26.1 Å². The molecule has 0 spiro atoms. The molecule has 2 rings (SSSR count). The standard InChI is InChI=1S/C22H31N3O5/c1-6-12-24(13-11-18(27)28)17(26)14-25-19(29)22(5,23-20(25)30)16-9-7-15(8-10-16)21(2,3)4/h7-10H,6,11-14H2,1-5H3,(H,23,30)(H,27,28). The smallest absolute Gasteiger partial charge is 0.325 e. The normalized spacial score (nSPS) is 19.0. The van der Waals surface area contributed by atoms with Crippen LogP contribution in [0.1, 0.15) is 58.6 Å². The number of urea groups is 1. The van der Waals surface area contributed by atoms with Crippen LogP contribution in [0.3, 0.4) is 0 Å². The van der Waals surface area contributed by atoms with E-state index in [1.807, 2.05) is 31.2 Å². The van der Waals surface area contributed by atoms with Crippen LogP contribution < -0.4 is 5.32 Å². The van der Waals surface area contributed by atoms with Gasteiger partial charge in [-0.1, -0.05) is 52.0 Å². The topological polar surface area (TPSA) is 107 Å². The van der Waals surface area contributed by atoms with Crippen LogP contribution in [0.2, 0.25) is 0 Å².